The van der Waals surface area contributed by atoms with Crippen LogP contribution in [0.25, 0.3) is 0 Å². The van der Waals surface area contributed by atoms with Crippen molar-refractivity contribution in [2.45, 2.75) is 75.3 Å². The fourth-order valence-corrected chi connectivity index (χ4v) is 7.56. The van der Waals surface area contributed by atoms with Crippen molar-refractivity contribution in [3.05, 3.63) is 33.1 Å². The molecule has 2 fully saturated rings. The lowest BCUT2D eigenvalue weighted by atomic mass is 9.92. The lowest BCUT2D eigenvalue weighted by Crippen LogP contribution is -2.57. The Bertz CT molecular complexity index is 1490. The predicted molar refractivity (Wildman–Crippen MR) is 164 cm³/mol. The molecule has 8 unspecified atom stereocenters. The van der Waals surface area contributed by atoms with Crippen LogP contribution in [0.2, 0.25) is 0 Å². The summed E-state index contributed by atoms with van der Waals surface area (Å²) >= 11 is 0. The first-order valence-corrected chi connectivity index (χ1v) is 18.2. The summed E-state index contributed by atoms with van der Waals surface area (Å²) in [6, 6.07) is 0.976. The Morgan fingerprint density at radius 3 is 2.30 bits per heavy atom. The number of amides is 1. The maximum atomic E-state index is 13.5. The topological polar surface area (TPSA) is 310 Å². The first-order valence-electron chi connectivity index (χ1n) is 15.2. The zero-order chi connectivity index (χ0) is 37.2. The molecule has 3 rings (SSSR count). The second-order valence-electron chi connectivity index (χ2n) is 11.2. The Morgan fingerprint density at radius 2 is 1.66 bits per heavy atom. The van der Waals surface area contributed by atoms with E-state index in [9.17, 15) is 48.7 Å². The van der Waals surface area contributed by atoms with Crippen LogP contribution in [0.1, 0.15) is 32.4 Å². The van der Waals surface area contributed by atoms with E-state index in [1.807, 2.05) is 4.98 Å². The Labute approximate surface area is 284 Å². The molecular weight excluding hydrogens is 720 g/mol. The molecule has 50 heavy (non-hydrogen) atoms. The normalized spacial score (nSPS) is 30.8. The minimum absolute atomic E-state index is 0.0907. The number of H-pyrrole nitrogens is 1. The van der Waals surface area contributed by atoms with Gasteiger partial charge in [-0.3, -0.25) is 42.0 Å². The number of rotatable bonds is 20. The maximum Gasteiger partial charge on any atom is 0.485 e. The summed E-state index contributed by atoms with van der Waals surface area (Å²) in [7, 11) is -8.17. The van der Waals surface area contributed by atoms with Crippen molar-refractivity contribution in [2.24, 2.45) is 5.92 Å². The van der Waals surface area contributed by atoms with E-state index in [1.165, 1.54) is 6.92 Å². The van der Waals surface area contributed by atoms with Crippen LogP contribution in [0.4, 0.5) is 0 Å². The average Bonchev–Trinajstić information content (AvgIpc) is 3.36. The van der Waals surface area contributed by atoms with Crippen molar-refractivity contribution in [3.8, 4) is 0 Å². The highest BCUT2D eigenvalue weighted by Crippen LogP contribution is 2.66. The SMILES string of the molecule is COP(=O)(OCC1OC(n2ccc(=O)[nH]c2=O)C(O)C1O)OP(=O)(OC)O[C@@H]1OC(CNC(=O)CCC(=O)COCCCO)[C@H](O)[C@H](O)C1C. The fraction of sp³-hybridized carbons (Fsp3) is 0.769. The molecule has 0 saturated carbocycles. The van der Waals surface area contributed by atoms with E-state index < -0.39 is 94.5 Å². The largest absolute Gasteiger partial charge is 0.485 e. The molecule has 0 bridgehead atoms. The Kier molecular flexibility index (Phi) is 16.0. The molecule has 1 aromatic rings. The molecule has 24 heteroatoms. The van der Waals surface area contributed by atoms with Crippen molar-refractivity contribution in [1.82, 2.24) is 14.9 Å². The van der Waals surface area contributed by atoms with Gasteiger partial charge in [0.05, 0.1) is 12.7 Å². The number of aromatic nitrogens is 2. The van der Waals surface area contributed by atoms with E-state index in [0.29, 0.717) is 6.42 Å². The number of carbonyl (C=O) groups excluding carboxylic acids is 2. The number of nitrogens with one attached hydrogen (secondary N) is 2. The van der Waals surface area contributed by atoms with Gasteiger partial charge in [-0.1, -0.05) is 6.92 Å². The van der Waals surface area contributed by atoms with Gasteiger partial charge in [0, 0.05) is 65.0 Å². The van der Waals surface area contributed by atoms with Gasteiger partial charge < -0.3 is 45.1 Å². The fourth-order valence-electron chi connectivity index (χ4n) is 4.68. The van der Waals surface area contributed by atoms with E-state index in [2.05, 4.69) is 5.32 Å². The number of ketones is 1. The van der Waals surface area contributed by atoms with E-state index in [0.717, 1.165) is 31.0 Å². The molecule has 0 radical (unpaired) electrons. The third-order valence-electron chi connectivity index (χ3n) is 7.59. The maximum absolute atomic E-state index is 13.5. The van der Waals surface area contributed by atoms with Crippen LogP contribution in [-0.4, -0.2) is 137 Å². The number of Topliss-reactive ketones (excluding diaryl/α,β-unsaturated/α-hetero) is 1. The third kappa shape index (κ3) is 11.4. The molecule has 0 aliphatic carbocycles. The van der Waals surface area contributed by atoms with Gasteiger partial charge in [-0.25, -0.2) is 13.9 Å². The molecule has 2 saturated heterocycles. The molecule has 7 N–H and O–H groups in total. The van der Waals surface area contributed by atoms with Gasteiger partial charge in [0.25, 0.3) is 5.56 Å². The summed E-state index contributed by atoms with van der Waals surface area (Å²) in [4.78, 5) is 49.6. The number of aliphatic hydroxyl groups is 5. The molecule has 2 aliphatic heterocycles. The molecule has 0 spiro atoms. The van der Waals surface area contributed by atoms with Crippen LogP contribution in [0.5, 0.6) is 0 Å². The summed E-state index contributed by atoms with van der Waals surface area (Å²) in [6.45, 7) is -0.00137. The molecule has 22 nitrogen and oxygen atoms in total. The average molecular weight is 764 g/mol. The molecule has 1 amide bonds. The van der Waals surface area contributed by atoms with Gasteiger partial charge in [-0.15, -0.1) is 0 Å². The van der Waals surface area contributed by atoms with Crippen molar-refractivity contribution in [3.63, 3.8) is 0 Å². The molecule has 2 aliphatic rings. The monoisotopic (exact) mass is 763 g/mol. The summed E-state index contributed by atoms with van der Waals surface area (Å²) in [6.07, 6.45) is -11.5. The van der Waals surface area contributed by atoms with Gasteiger partial charge >= 0.3 is 21.3 Å². The highest BCUT2D eigenvalue weighted by molar-refractivity contribution is 7.62. The Morgan fingerprint density at radius 1 is 0.980 bits per heavy atom. The molecule has 286 valence electrons. The lowest BCUT2D eigenvalue weighted by molar-refractivity contribution is -0.252. The van der Waals surface area contributed by atoms with Crippen LogP contribution >= 0.6 is 15.6 Å². The first-order chi connectivity index (χ1) is 23.6. The number of phosphoric acid groups is 2. The quantitative estimate of drug-likeness (QED) is 0.0541. The molecule has 0 aromatic carbocycles. The van der Waals surface area contributed by atoms with Crippen molar-refractivity contribution in [2.75, 3.05) is 47.2 Å². The number of aromatic amines is 1. The zero-order valence-corrected chi connectivity index (χ0v) is 29.1. The van der Waals surface area contributed by atoms with Crippen LogP contribution in [-0.2, 0) is 55.3 Å². The van der Waals surface area contributed by atoms with Crippen LogP contribution in [0.15, 0.2) is 21.9 Å². The second-order valence-corrected chi connectivity index (χ2v) is 14.8. The molecule has 1 aromatic heterocycles. The lowest BCUT2D eigenvalue weighted by Gasteiger charge is -2.41. The minimum atomic E-state index is -4.96. The van der Waals surface area contributed by atoms with Crippen LogP contribution < -0.4 is 16.6 Å². The molecule has 3 heterocycles. The molecular formula is C26H43N3O19P2. The minimum Gasteiger partial charge on any atom is -0.396 e. The van der Waals surface area contributed by atoms with E-state index in [4.69, 9.17) is 41.7 Å². The van der Waals surface area contributed by atoms with Crippen molar-refractivity contribution in [1.29, 1.82) is 0 Å². The number of hydrogen-bond acceptors (Lipinski definition) is 19. The van der Waals surface area contributed by atoms with Gasteiger partial charge in [0.2, 0.25) is 5.91 Å². The predicted octanol–water partition coefficient (Wildman–Crippen LogP) is -2.34. The number of hydrogen-bond donors (Lipinski definition) is 7. The smallest absolute Gasteiger partial charge is 0.396 e. The van der Waals surface area contributed by atoms with Gasteiger partial charge in [-0.2, -0.15) is 4.31 Å². The van der Waals surface area contributed by atoms with Crippen LogP contribution in [0, 0.1) is 5.92 Å². The van der Waals surface area contributed by atoms with Gasteiger partial charge in [0.15, 0.2) is 18.3 Å². The first kappa shape index (κ1) is 42.2. The number of ether oxygens (including phenoxy) is 3. The second kappa shape index (κ2) is 19.0. The summed E-state index contributed by atoms with van der Waals surface area (Å²) < 4.78 is 68.9. The van der Waals surface area contributed by atoms with Crippen molar-refractivity contribution < 1.29 is 80.9 Å². The van der Waals surface area contributed by atoms with E-state index in [-0.39, 0.29) is 45.0 Å². The summed E-state index contributed by atoms with van der Waals surface area (Å²) in [5.74, 6) is -2.05. The van der Waals surface area contributed by atoms with Crippen LogP contribution in [0.3, 0.4) is 0 Å². The van der Waals surface area contributed by atoms with Crippen molar-refractivity contribution >= 4 is 27.3 Å². The Balaban J connectivity index is 1.59. The van der Waals surface area contributed by atoms with E-state index in [1.54, 1.807) is 0 Å². The molecule has 11 atom stereocenters. The standard InChI is InChI=1S/C26H43N3O19P2/c1-14-20(34)21(35)16(11-27-18(32)6-5-15(31)12-43-10-4-9-30)46-25(14)47-50(40,42-3)48-49(39,41-2)44-13-17-22(36)23(37)24(45-17)29-8-7-19(33)28-26(29)38/h7-8,14,16-17,20-25,30,34-37H,4-6,9-13H2,1-3H3,(H,27,32)(H,28,33,38)/t14?,16?,17?,20-,21+,22?,23?,24?,25+,49?,50?/m1/s1. The van der Waals surface area contributed by atoms with Gasteiger partial charge in [-0.05, 0) is 6.42 Å². The highest BCUT2D eigenvalue weighted by Gasteiger charge is 2.50. The van der Waals surface area contributed by atoms with E-state index >= 15 is 0 Å². The number of phosphoric ester groups is 2. The number of aliphatic hydroxyl groups excluding tert-OH is 5. The number of carbonyl (C=O) groups is 2. The summed E-state index contributed by atoms with van der Waals surface area (Å²) in [5.41, 5.74) is -1.67. The van der Waals surface area contributed by atoms with Gasteiger partial charge in [0.1, 0.15) is 37.1 Å². The number of nitrogens with zero attached hydrogens (tertiary/aromatic N) is 1. The highest BCUT2D eigenvalue weighted by atomic mass is 31.3. The zero-order valence-electron chi connectivity index (χ0n) is 27.3. The summed E-state index contributed by atoms with van der Waals surface area (Å²) in [5, 5.41) is 53.2. The third-order valence-corrected chi connectivity index (χ3v) is 11.0. The Hall–Kier alpha value is -2.24.